The van der Waals surface area contributed by atoms with Gasteiger partial charge in [-0.1, -0.05) is 0 Å². The minimum absolute atomic E-state index is 0.337. The summed E-state index contributed by atoms with van der Waals surface area (Å²) in [5, 5.41) is 0. The van der Waals surface area contributed by atoms with Crippen molar-refractivity contribution in [3.8, 4) is 0 Å². The van der Waals surface area contributed by atoms with Gasteiger partial charge in [-0.3, -0.25) is 0 Å². The summed E-state index contributed by atoms with van der Waals surface area (Å²) in [4.78, 5) is 0. The second-order valence-corrected chi connectivity index (χ2v) is 2.77. The predicted molar refractivity (Wildman–Crippen MR) is 34.9 cm³/mol. The minimum Gasteiger partial charge on any atom is -0.379 e. The highest BCUT2D eigenvalue weighted by atomic mass is 16.6. The molecule has 2 aliphatic rings. The van der Waals surface area contributed by atoms with Crippen molar-refractivity contribution in [2.24, 2.45) is 0 Å². The monoisotopic (exact) mass is 144 g/mol. The average molecular weight is 144 g/mol. The van der Waals surface area contributed by atoms with E-state index in [4.69, 9.17) is 14.2 Å². The molecule has 0 amide bonds. The van der Waals surface area contributed by atoms with Gasteiger partial charge >= 0.3 is 0 Å². The molecule has 0 bridgehead atoms. The largest absolute Gasteiger partial charge is 0.379 e. The zero-order chi connectivity index (χ0) is 6.81. The van der Waals surface area contributed by atoms with Crippen molar-refractivity contribution in [1.29, 1.82) is 0 Å². The van der Waals surface area contributed by atoms with E-state index in [1.54, 1.807) is 0 Å². The highest BCUT2D eigenvalue weighted by molar-refractivity contribution is 4.70. The van der Waals surface area contributed by atoms with E-state index in [9.17, 15) is 0 Å². The van der Waals surface area contributed by atoms with E-state index in [2.05, 4.69) is 0 Å². The Morgan fingerprint density at radius 2 is 2.30 bits per heavy atom. The molecule has 3 heteroatoms. The number of rotatable bonds is 3. The molecule has 0 aliphatic carbocycles. The van der Waals surface area contributed by atoms with E-state index in [0.717, 1.165) is 32.8 Å². The summed E-state index contributed by atoms with van der Waals surface area (Å²) in [6, 6.07) is 0. The van der Waals surface area contributed by atoms with E-state index < -0.39 is 0 Å². The normalized spacial score (nSPS) is 38.4. The molecular formula is C7H12O3. The van der Waals surface area contributed by atoms with E-state index in [0.29, 0.717) is 12.2 Å². The number of hydrogen-bond acceptors (Lipinski definition) is 3. The van der Waals surface area contributed by atoms with Crippen LogP contribution >= 0.6 is 0 Å². The Bertz CT molecular complexity index is 105. The Hall–Kier alpha value is -0.120. The Balaban J connectivity index is 1.59. The minimum atomic E-state index is 0.337. The fraction of sp³-hybridized carbons (Fsp3) is 1.00. The SMILES string of the molecule is C1C[C@@H](OC[C@@H]2CO2)CO1. The standard InChI is InChI=1S/C7H12O3/c1-2-8-3-6(1)9-4-7-5-10-7/h6-7H,1-5H2/t6-,7-/m1/s1. The van der Waals surface area contributed by atoms with Gasteiger partial charge < -0.3 is 14.2 Å². The molecule has 0 aromatic rings. The average Bonchev–Trinajstić information content (AvgIpc) is 2.63. The van der Waals surface area contributed by atoms with Crippen LogP contribution in [-0.2, 0) is 14.2 Å². The fourth-order valence-electron chi connectivity index (χ4n) is 1.05. The second-order valence-electron chi connectivity index (χ2n) is 2.77. The van der Waals surface area contributed by atoms with Crippen LogP contribution in [0, 0.1) is 0 Å². The summed E-state index contributed by atoms with van der Waals surface area (Å²) in [6.07, 6.45) is 1.77. The molecule has 0 aromatic heterocycles. The molecule has 0 saturated carbocycles. The van der Waals surface area contributed by atoms with Crippen LogP contribution in [0.1, 0.15) is 6.42 Å². The zero-order valence-corrected chi connectivity index (χ0v) is 5.91. The third kappa shape index (κ3) is 1.68. The number of ether oxygens (including phenoxy) is 3. The maximum Gasteiger partial charge on any atom is 0.104 e. The first-order valence-corrected chi connectivity index (χ1v) is 3.76. The van der Waals surface area contributed by atoms with Crippen LogP contribution in [0.15, 0.2) is 0 Å². The molecule has 0 spiro atoms. The topological polar surface area (TPSA) is 31.0 Å². The van der Waals surface area contributed by atoms with Gasteiger partial charge in [-0.15, -0.1) is 0 Å². The van der Waals surface area contributed by atoms with Crippen molar-refractivity contribution >= 4 is 0 Å². The van der Waals surface area contributed by atoms with Crippen molar-refractivity contribution in [3.63, 3.8) is 0 Å². The first kappa shape index (κ1) is 6.58. The van der Waals surface area contributed by atoms with Gasteiger partial charge in [0.2, 0.25) is 0 Å². The van der Waals surface area contributed by atoms with Crippen LogP contribution < -0.4 is 0 Å². The Labute approximate surface area is 60.3 Å². The van der Waals surface area contributed by atoms with Gasteiger partial charge in [0.05, 0.1) is 25.9 Å². The van der Waals surface area contributed by atoms with Crippen molar-refractivity contribution in [2.45, 2.75) is 18.6 Å². The molecular weight excluding hydrogens is 132 g/mol. The lowest BCUT2D eigenvalue weighted by Crippen LogP contribution is -2.15. The molecule has 0 radical (unpaired) electrons. The quantitative estimate of drug-likeness (QED) is 0.530. The van der Waals surface area contributed by atoms with Crippen LogP contribution in [0.4, 0.5) is 0 Å². The highest BCUT2D eigenvalue weighted by Gasteiger charge is 2.25. The van der Waals surface area contributed by atoms with E-state index in [-0.39, 0.29) is 0 Å². The van der Waals surface area contributed by atoms with Gasteiger partial charge in [0.25, 0.3) is 0 Å². The lowest BCUT2D eigenvalue weighted by Gasteiger charge is -2.06. The predicted octanol–water partition coefficient (Wildman–Crippen LogP) is 0.191. The summed E-state index contributed by atoms with van der Waals surface area (Å²) in [6.45, 7) is 3.27. The maximum atomic E-state index is 5.48. The molecule has 2 atom stereocenters. The van der Waals surface area contributed by atoms with Crippen molar-refractivity contribution < 1.29 is 14.2 Å². The van der Waals surface area contributed by atoms with Gasteiger partial charge in [0, 0.05) is 6.61 Å². The molecule has 3 nitrogen and oxygen atoms in total. The summed E-state index contributed by atoms with van der Waals surface area (Å²) in [7, 11) is 0. The van der Waals surface area contributed by atoms with Gasteiger partial charge in [-0.2, -0.15) is 0 Å². The summed E-state index contributed by atoms with van der Waals surface area (Å²) >= 11 is 0. The van der Waals surface area contributed by atoms with Crippen molar-refractivity contribution in [1.82, 2.24) is 0 Å². The van der Waals surface area contributed by atoms with Gasteiger partial charge in [-0.25, -0.2) is 0 Å². The number of hydrogen-bond donors (Lipinski definition) is 0. The third-order valence-electron chi connectivity index (χ3n) is 1.81. The van der Waals surface area contributed by atoms with Gasteiger partial charge in [-0.05, 0) is 6.42 Å². The van der Waals surface area contributed by atoms with Crippen LogP contribution in [0.5, 0.6) is 0 Å². The lowest BCUT2D eigenvalue weighted by molar-refractivity contribution is 0.0340. The first-order chi connectivity index (χ1) is 4.95. The molecule has 2 rings (SSSR count). The van der Waals surface area contributed by atoms with Crippen molar-refractivity contribution in [3.05, 3.63) is 0 Å². The third-order valence-corrected chi connectivity index (χ3v) is 1.81. The molecule has 2 heterocycles. The summed E-state index contributed by atoms with van der Waals surface area (Å²) in [5.41, 5.74) is 0. The second kappa shape index (κ2) is 2.86. The van der Waals surface area contributed by atoms with Crippen LogP contribution in [0.3, 0.4) is 0 Å². The highest BCUT2D eigenvalue weighted by Crippen LogP contribution is 2.13. The van der Waals surface area contributed by atoms with Gasteiger partial charge in [0.15, 0.2) is 0 Å². The van der Waals surface area contributed by atoms with E-state index in [1.807, 2.05) is 0 Å². The molecule has 0 N–H and O–H groups in total. The summed E-state index contributed by atoms with van der Waals surface area (Å²) < 4.78 is 15.6. The molecule has 0 unspecified atom stereocenters. The Morgan fingerprint density at radius 3 is 2.90 bits per heavy atom. The van der Waals surface area contributed by atoms with Gasteiger partial charge in [0.1, 0.15) is 6.10 Å². The molecule has 2 aliphatic heterocycles. The lowest BCUT2D eigenvalue weighted by atomic mass is 10.3. The molecule has 2 fully saturated rings. The first-order valence-electron chi connectivity index (χ1n) is 3.76. The Kier molecular flexibility index (Phi) is 1.88. The molecule has 0 aromatic carbocycles. The van der Waals surface area contributed by atoms with E-state index >= 15 is 0 Å². The summed E-state index contributed by atoms with van der Waals surface area (Å²) in [5.74, 6) is 0. The Morgan fingerprint density at radius 1 is 1.40 bits per heavy atom. The smallest absolute Gasteiger partial charge is 0.104 e. The molecule has 2 saturated heterocycles. The zero-order valence-electron chi connectivity index (χ0n) is 5.91. The van der Waals surface area contributed by atoms with Crippen LogP contribution in [-0.4, -0.2) is 38.6 Å². The fourth-order valence-corrected chi connectivity index (χ4v) is 1.05. The number of epoxide rings is 1. The molecule has 10 heavy (non-hydrogen) atoms. The van der Waals surface area contributed by atoms with Crippen molar-refractivity contribution in [2.75, 3.05) is 26.4 Å². The van der Waals surface area contributed by atoms with Crippen LogP contribution in [0.25, 0.3) is 0 Å². The maximum absolute atomic E-state index is 5.48. The van der Waals surface area contributed by atoms with E-state index in [1.165, 1.54) is 0 Å². The van der Waals surface area contributed by atoms with Crippen LogP contribution in [0.2, 0.25) is 0 Å². The molecule has 58 valence electrons.